The highest BCUT2D eigenvalue weighted by atomic mass is 16.5. The summed E-state index contributed by atoms with van der Waals surface area (Å²) in [5.41, 5.74) is 0.850. The Morgan fingerprint density at radius 1 is 1.23 bits per heavy atom. The van der Waals surface area contributed by atoms with E-state index in [4.69, 9.17) is 9.47 Å². The van der Waals surface area contributed by atoms with Gasteiger partial charge in [-0.1, -0.05) is 30.3 Å². The molecule has 0 radical (unpaired) electrons. The Balaban J connectivity index is 2.52. The largest absolute Gasteiger partial charge is 0.466 e. The average molecular weight is 307 g/mol. The summed E-state index contributed by atoms with van der Waals surface area (Å²) < 4.78 is 9.97. The first kappa shape index (κ1) is 17.7. The average Bonchev–Trinajstić information content (AvgIpc) is 2.53. The topological polar surface area (TPSA) is 81.7 Å². The van der Waals surface area contributed by atoms with Gasteiger partial charge in [-0.2, -0.15) is 0 Å². The molecule has 0 aromatic heterocycles. The normalized spacial score (nSPS) is 12.8. The molecule has 1 rings (SSSR count). The van der Waals surface area contributed by atoms with Gasteiger partial charge in [0.05, 0.1) is 18.6 Å². The monoisotopic (exact) mass is 307 g/mol. The summed E-state index contributed by atoms with van der Waals surface area (Å²) in [5, 5.41) is 2.53. The molecular weight excluding hydrogens is 286 g/mol. The van der Waals surface area contributed by atoms with Crippen LogP contribution in [-0.4, -0.2) is 31.0 Å². The van der Waals surface area contributed by atoms with Crippen LogP contribution in [0.4, 0.5) is 4.79 Å². The molecule has 6 nitrogen and oxygen atoms in total. The van der Waals surface area contributed by atoms with Crippen molar-refractivity contribution >= 4 is 18.3 Å². The van der Waals surface area contributed by atoms with E-state index < -0.39 is 24.0 Å². The third-order valence-corrected chi connectivity index (χ3v) is 3.13. The predicted octanol–water partition coefficient (Wildman–Crippen LogP) is 2.07. The van der Waals surface area contributed by atoms with Gasteiger partial charge in [-0.15, -0.1) is 0 Å². The van der Waals surface area contributed by atoms with E-state index in [2.05, 4.69) is 5.32 Å². The Labute approximate surface area is 129 Å². The maximum Gasteiger partial charge on any atom is 0.407 e. The zero-order valence-electron chi connectivity index (χ0n) is 12.8. The smallest absolute Gasteiger partial charge is 0.407 e. The number of amides is 1. The summed E-state index contributed by atoms with van der Waals surface area (Å²) >= 11 is 0. The third kappa shape index (κ3) is 5.95. The summed E-state index contributed by atoms with van der Waals surface area (Å²) in [6.07, 6.45) is -0.00925. The number of rotatable bonds is 8. The highest BCUT2D eigenvalue weighted by Gasteiger charge is 2.26. The summed E-state index contributed by atoms with van der Waals surface area (Å²) in [5.74, 6) is -1.09. The van der Waals surface area contributed by atoms with Gasteiger partial charge in [0.15, 0.2) is 0 Å². The summed E-state index contributed by atoms with van der Waals surface area (Å²) in [4.78, 5) is 34.2. The third-order valence-electron chi connectivity index (χ3n) is 3.13. The molecule has 120 valence electrons. The number of nitrogens with one attached hydrogen (secondary N) is 1. The second-order valence-electron chi connectivity index (χ2n) is 4.76. The lowest BCUT2D eigenvalue weighted by Crippen LogP contribution is -2.43. The molecule has 22 heavy (non-hydrogen) atoms. The first-order valence-electron chi connectivity index (χ1n) is 7.16. The Bertz CT molecular complexity index is 489. The Morgan fingerprint density at radius 3 is 2.50 bits per heavy atom. The number of alkyl carbamates (subject to hydrolysis) is 1. The number of benzene rings is 1. The number of carbonyl (C=O) groups excluding carboxylic acids is 3. The molecule has 0 fully saturated rings. The number of hydrogen-bond acceptors (Lipinski definition) is 5. The van der Waals surface area contributed by atoms with Crippen LogP contribution in [0.2, 0.25) is 0 Å². The summed E-state index contributed by atoms with van der Waals surface area (Å²) in [6.45, 7) is 3.66. The zero-order chi connectivity index (χ0) is 16.4. The van der Waals surface area contributed by atoms with Gasteiger partial charge >= 0.3 is 12.1 Å². The molecule has 6 heteroatoms. The van der Waals surface area contributed by atoms with Gasteiger partial charge in [0.25, 0.3) is 0 Å². The maximum atomic E-state index is 11.8. The van der Waals surface area contributed by atoms with E-state index in [1.54, 1.807) is 13.8 Å². The molecule has 1 N–H and O–H groups in total. The molecule has 0 saturated carbocycles. The molecule has 0 heterocycles. The van der Waals surface area contributed by atoms with Gasteiger partial charge in [0, 0.05) is 6.42 Å². The Hall–Kier alpha value is -2.37. The van der Waals surface area contributed by atoms with E-state index >= 15 is 0 Å². The van der Waals surface area contributed by atoms with Crippen LogP contribution in [0.1, 0.15) is 25.8 Å². The Kier molecular flexibility index (Phi) is 7.67. The van der Waals surface area contributed by atoms with E-state index in [9.17, 15) is 14.4 Å². The minimum absolute atomic E-state index is 0.0143. The van der Waals surface area contributed by atoms with Gasteiger partial charge in [-0.3, -0.25) is 4.79 Å². The van der Waals surface area contributed by atoms with Gasteiger partial charge in [0.1, 0.15) is 12.9 Å². The fraction of sp³-hybridized carbons (Fsp3) is 0.438. The number of carbonyl (C=O) groups is 3. The minimum Gasteiger partial charge on any atom is -0.466 e. The van der Waals surface area contributed by atoms with Crippen LogP contribution in [-0.2, 0) is 25.7 Å². The van der Waals surface area contributed by atoms with E-state index in [1.165, 1.54) is 0 Å². The molecule has 0 saturated heterocycles. The van der Waals surface area contributed by atoms with Crippen LogP contribution >= 0.6 is 0 Å². The van der Waals surface area contributed by atoms with Gasteiger partial charge in [-0.25, -0.2) is 4.79 Å². The molecule has 2 atom stereocenters. The van der Waals surface area contributed by atoms with Crippen LogP contribution in [0, 0.1) is 5.92 Å². The first-order valence-corrected chi connectivity index (χ1v) is 7.16. The first-order chi connectivity index (χ1) is 10.6. The fourth-order valence-electron chi connectivity index (χ4n) is 1.85. The molecule has 1 aromatic rings. The van der Waals surface area contributed by atoms with Crippen molar-refractivity contribution in [1.29, 1.82) is 0 Å². The van der Waals surface area contributed by atoms with E-state index in [-0.39, 0.29) is 19.6 Å². The van der Waals surface area contributed by atoms with Crippen LogP contribution in [0.5, 0.6) is 0 Å². The summed E-state index contributed by atoms with van der Waals surface area (Å²) in [6, 6.07) is 8.56. The van der Waals surface area contributed by atoms with Crippen LogP contribution < -0.4 is 5.32 Å². The lowest BCUT2D eigenvalue weighted by Gasteiger charge is -2.21. The van der Waals surface area contributed by atoms with Crippen molar-refractivity contribution in [3.63, 3.8) is 0 Å². The molecular formula is C16H21NO5. The fourth-order valence-corrected chi connectivity index (χ4v) is 1.85. The van der Waals surface area contributed by atoms with Gasteiger partial charge in [-0.05, 0) is 19.4 Å². The number of esters is 1. The molecule has 0 spiro atoms. The van der Waals surface area contributed by atoms with Crippen molar-refractivity contribution in [3.05, 3.63) is 35.9 Å². The van der Waals surface area contributed by atoms with Crippen molar-refractivity contribution in [2.24, 2.45) is 5.92 Å². The van der Waals surface area contributed by atoms with Gasteiger partial charge < -0.3 is 19.6 Å². The van der Waals surface area contributed by atoms with Crippen molar-refractivity contribution in [3.8, 4) is 0 Å². The summed E-state index contributed by atoms with van der Waals surface area (Å²) in [7, 11) is 0. The second kappa shape index (κ2) is 9.55. The lowest BCUT2D eigenvalue weighted by atomic mass is 10.00. The standard InChI is InChI=1S/C16H21NO5/c1-3-21-15(19)12(2)14(9-10-18)17-16(20)22-11-13-7-5-4-6-8-13/h4-8,10,12,14H,3,9,11H2,1-2H3,(H,17,20). The molecule has 2 unspecified atom stereocenters. The van der Waals surface area contributed by atoms with Gasteiger partial charge in [0.2, 0.25) is 0 Å². The zero-order valence-corrected chi connectivity index (χ0v) is 12.8. The minimum atomic E-state index is -0.674. The van der Waals surface area contributed by atoms with E-state index in [1.807, 2.05) is 30.3 Å². The quantitative estimate of drug-likeness (QED) is 0.587. The van der Waals surface area contributed by atoms with Crippen molar-refractivity contribution < 1.29 is 23.9 Å². The number of hydrogen-bond donors (Lipinski definition) is 1. The SMILES string of the molecule is CCOC(=O)C(C)C(CC=O)NC(=O)OCc1ccccc1. The molecule has 1 aromatic carbocycles. The van der Waals surface area contributed by atoms with Crippen LogP contribution in [0.25, 0.3) is 0 Å². The van der Waals surface area contributed by atoms with E-state index in [0.717, 1.165) is 5.56 Å². The molecule has 0 aliphatic heterocycles. The Morgan fingerprint density at radius 2 is 1.91 bits per heavy atom. The highest BCUT2D eigenvalue weighted by molar-refractivity contribution is 5.75. The maximum absolute atomic E-state index is 11.8. The van der Waals surface area contributed by atoms with E-state index in [0.29, 0.717) is 6.29 Å². The van der Waals surface area contributed by atoms with Crippen LogP contribution in [0.15, 0.2) is 30.3 Å². The van der Waals surface area contributed by atoms with Crippen molar-refractivity contribution in [2.45, 2.75) is 32.9 Å². The second-order valence-corrected chi connectivity index (χ2v) is 4.76. The number of aldehydes is 1. The van der Waals surface area contributed by atoms with Crippen molar-refractivity contribution in [2.75, 3.05) is 6.61 Å². The predicted molar refractivity (Wildman–Crippen MR) is 80.0 cm³/mol. The molecule has 0 bridgehead atoms. The lowest BCUT2D eigenvalue weighted by molar-refractivity contribution is -0.148. The number of ether oxygens (including phenoxy) is 2. The molecule has 0 aliphatic carbocycles. The molecule has 0 aliphatic rings. The highest BCUT2D eigenvalue weighted by Crippen LogP contribution is 2.09. The van der Waals surface area contributed by atoms with Crippen LogP contribution in [0.3, 0.4) is 0 Å². The van der Waals surface area contributed by atoms with Crippen molar-refractivity contribution in [1.82, 2.24) is 5.32 Å². The molecule has 1 amide bonds.